The average Bonchev–Trinajstić information content (AvgIpc) is 2.22. The number of halogens is 1. The molecule has 2 N–H and O–H groups in total. The fraction of sp³-hybridized carbons (Fsp3) is 0.500. The lowest BCUT2D eigenvalue weighted by atomic mass is 10.1. The van der Waals surface area contributed by atoms with Crippen molar-refractivity contribution in [3.8, 4) is 0 Å². The molecule has 0 bridgehead atoms. The van der Waals surface area contributed by atoms with Crippen LogP contribution < -0.4 is 5.32 Å². The number of benzene rings is 1. The van der Waals surface area contributed by atoms with Gasteiger partial charge in [-0.15, -0.1) is 0 Å². The Morgan fingerprint density at radius 2 is 2.20 bits per heavy atom. The van der Waals surface area contributed by atoms with E-state index in [1.807, 2.05) is 13.0 Å². The fourth-order valence-electron chi connectivity index (χ4n) is 1.49. The van der Waals surface area contributed by atoms with Crippen LogP contribution in [-0.2, 0) is 0 Å². The average molecular weight is 211 g/mol. The first-order chi connectivity index (χ1) is 7.15. The molecule has 0 saturated carbocycles. The van der Waals surface area contributed by atoms with E-state index < -0.39 is 0 Å². The number of nitrogens with one attached hydrogen (secondary N) is 1. The Morgan fingerprint density at radius 1 is 1.47 bits per heavy atom. The lowest BCUT2D eigenvalue weighted by Gasteiger charge is -2.15. The van der Waals surface area contributed by atoms with Gasteiger partial charge in [-0.2, -0.15) is 0 Å². The first kappa shape index (κ1) is 12.0. The molecule has 84 valence electrons. The van der Waals surface area contributed by atoms with Gasteiger partial charge in [-0.1, -0.05) is 12.1 Å². The molecule has 1 unspecified atom stereocenters. The molecule has 0 aliphatic rings. The third kappa shape index (κ3) is 3.51. The molecule has 3 heteroatoms. The molecule has 0 aliphatic heterocycles. The van der Waals surface area contributed by atoms with Gasteiger partial charge < -0.3 is 10.4 Å². The van der Waals surface area contributed by atoms with E-state index in [-0.39, 0.29) is 18.5 Å². The van der Waals surface area contributed by atoms with Crippen molar-refractivity contribution in [2.75, 3.05) is 11.9 Å². The van der Waals surface area contributed by atoms with Crippen molar-refractivity contribution in [3.05, 3.63) is 29.6 Å². The van der Waals surface area contributed by atoms with E-state index in [0.29, 0.717) is 11.3 Å². The monoisotopic (exact) mass is 211 g/mol. The van der Waals surface area contributed by atoms with E-state index in [4.69, 9.17) is 5.11 Å². The highest BCUT2D eigenvalue weighted by Gasteiger charge is 2.07. The van der Waals surface area contributed by atoms with Crippen LogP contribution in [0.1, 0.15) is 25.3 Å². The first-order valence-corrected chi connectivity index (χ1v) is 5.27. The van der Waals surface area contributed by atoms with Gasteiger partial charge in [0.2, 0.25) is 0 Å². The molecule has 1 atom stereocenters. The molecule has 0 spiro atoms. The number of rotatable bonds is 5. The maximum atomic E-state index is 13.6. The zero-order valence-electron chi connectivity index (χ0n) is 9.26. The maximum Gasteiger partial charge on any atom is 0.149 e. The van der Waals surface area contributed by atoms with E-state index in [1.54, 1.807) is 19.1 Å². The molecule has 0 amide bonds. The molecule has 0 saturated heterocycles. The van der Waals surface area contributed by atoms with Crippen LogP contribution in [0.5, 0.6) is 0 Å². The standard InChI is InChI=1S/C12H18FNO/c1-9-5-3-7-11(12(9)13)14-10(2)6-4-8-15/h3,5,7,10,14-15H,4,6,8H2,1-2H3. The summed E-state index contributed by atoms with van der Waals surface area (Å²) in [6.07, 6.45) is 1.57. The van der Waals surface area contributed by atoms with Crippen molar-refractivity contribution in [2.45, 2.75) is 32.7 Å². The van der Waals surface area contributed by atoms with Crippen molar-refractivity contribution in [1.82, 2.24) is 0 Å². The topological polar surface area (TPSA) is 32.3 Å². The number of hydrogen-bond donors (Lipinski definition) is 2. The van der Waals surface area contributed by atoms with Crippen LogP contribution in [0.3, 0.4) is 0 Å². The summed E-state index contributed by atoms with van der Waals surface area (Å²) in [4.78, 5) is 0. The van der Waals surface area contributed by atoms with E-state index in [9.17, 15) is 4.39 Å². The second kappa shape index (κ2) is 5.71. The van der Waals surface area contributed by atoms with Gasteiger partial charge in [0.05, 0.1) is 5.69 Å². The van der Waals surface area contributed by atoms with E-state index in [1.165, 1.54) is 0 Å². The maximum absolute atomic E-state index is 13.6. The largest absolute Gasteiger partial charge is 0.396 e. The summed E-state index contributed by atoms with van der Waals surface area (Å²) >= 11 is 0. The minimum atomic E-state index is -0.187. The van der Waals surface area contributed by atoms with E-state index in [0.717, 1.165) is 12.8 Å². The number of anilines is 1. The van der Waals surface area contributed by atoms with Crippen LogP contribution in [0.4, 0.5) is 10.1 Å². The Morgan fingerprint density at radius 3 is 2.87 bits per heavy atom. The summed E-state index contributed by atoms with van der Waals surface area (Å²) in [6, 6.07) is 5.49. The van der Waals surface area contributed by atoms with Gasteiger partial charge in [-0.05, 0) is 38.3 Å². The summed E-state index contributed by atoms with van der Waals surface area (Å²) < 4.78 is 13.6. The zero-order valence-corrected chi connectivity index (χ0v) is 9.26. The van der Waals surface area contributed by atoms with Gasteiger partial charge in [0.15, 0.2) is 0 Å². The van der Waals surface area contributed by atoms with Crippen LogP contribution >= 0.6 is 0 Å². The highest BCUT2D eigenvalue weighted by atomic mass is 19.1. The van der Waals surface area contributed by atoms with Gasteiger partial charge in [-0.3, -0.25) is 0 Å². The lowest BCUT2D eigenvalue weighted by molar-refractivity contribution is 0.282. The Kier molecular flexibility index (Phi) is 4.56. The molecule has 1 rings (SSSR count). The molecule has 0 aromatic heterocycles. The second-order valence-corrected chi connectivity index (χ2v) is 3.85. The third-order valence-electron chi connectivity index (χ3n) is 2.39. The van der Waals surface area contributed by atoms with Crippen molar-refractivity contribution in [1.29, 1.82) is 0 Å². The van der Waals surface area contributed by atoms with Gasteiger partial charge in [0, 0.05) is 12.6 Å². The molecular formula is C12H18FNO. The van der Waals surface area contributed by atoms with Crippen LogP contribution in [0.2, 0.25) is 0 Å². The number of aryl methyl sites for hydroxylation is 1. The van der Waals surface area contributed by atoms with Crippen LogP contribution in [-0.4, -0.2) is 17.8 Å². The zero-order chi connectivity index (χ0) is 11.3. The quantitative estimate of drug-likeness (QED) is 0.784. The number of aliphatic hydroxyl groups excluding tert-OH is 1. The normalized spacial score (nSPS) is 12.5. The van der Waals surface area contributed by atoms with Crippen molar-refractivity contribution in [3.63, 3.8) is 0 Å². The van der Waals surface area contributed by atoms with Crippen molar-refractivity contribution >= 4 is 5.69 Å². The second-order valence-electron chi connectivity index (χ2n) is 3.85. The Bertz CT molecular complexity index is 314. The summed E-state index contributed by atoms with van der Waals surface area (Å²) in [5.41, 5.74) is 1.19. The predicted octanol–water partition coefficient (Wildman–Crippen LogP) is 2.71. The summed E-state index contributed by atoms with van der Waals surface area (Å²) in [7, 11) is 0. The molecule has 0 radical (unpaired) electrons. The number of hydrogen-bond acceptors (Lipinski definition) is 2. The summed E-state index contributed by atoms with van der Waals surface area (Å²) in [6.45, 7) is 3.92. The summed E-state index contributed by atoms with van der Waals surface area (Å²) in [5, 5.41) is 11.8. The molecule has 0 aliphatic carbocycles. The van der Waals surface area contributed by atoms with Crippen LogP contribution in [0.25, 0.3) is 0 Å². The molecule has 0 heterocycles. The van der Waals surface area contributed by atoms with Gasteiger partial charge in [-0.25, -0.2) is 4.39 Å². The first-order valence-electron chi connectivity index (χ1n) is 5.27. The Labute approximate surface area is 90.1 Å². The Balaban J connectivity index is 2.60. The number of aliphatic hydroxyl groups is 1. The molecular weight excluding hydrogens is 193 g/mol. The summed E-state index contributed by atoms with van der Waals surface area (Å²) in [5.74, 6) is -0.187. The molecule has 1 aromatic carbocycles. The van der Waals surface area contributed by atoms with E-state index >= 15 is 0 Å². The highest BCUT2D eigenvalue weighted by molar-refractivity contribution is 5.47. The minimum absolute atomic E-state index is 0.174. The van der Waals surface area contributed by atoms with Crippen molar-refractivity contribution < 1.29 is 9.50 Å². The highest BCUT2D eigenvalue weighted by Crippen LogP contribution is 2.18. The molecule has 2 nitrogen and oxygen atoms in total. The lowest BCUT2D eigenvalue weighted by Crippen LogP contribution is -2.16. The molecule has 1 aromatic rings. The smallest absolute Gasteiger partial charge is 0.149 e. The van der Waals surface area contributed by atoms with Crippen molar-refractivity contribution in [2.24, 2.45) is 0 Å². The van der Waals surface area contributed by atoms with Gasteiger partial charge in [0.1, 0.15) is 5.82 Å². The SMILES string of the molecule is Cc1cccc(NC(C)CCCO)c1F. The van der Waals surface area contributed by atoms with E-state index in [2.05, 4.69) is 5.32 Å². The Hall–Kier alpha value is -1.09. The van der Waals surface area contributed by atoms with Crippen LogP contribution in [0.15, 0.2) is 18.2 Å². The third-order valence-corrected chi connectivity index (χ3v) is 2.39. The molecule has 0 fully saturated rings. The molecule has 15 heavy (non-hydrogen) atoms. The fourth-order valence-corrected chi connectivity index (χ4v) is 1.49. The van der Waals surface area contributed by atoms with Gasteiger partial charge in [0.25, 0.3) is 0 Å². The predicted molar refractivity (Wildman–Crippen MR) is 60.5 cm³/mol. The van der Waals surface area contributed by atoms with Crippen LogP contribution in [0, 0.1) is 12.7 Å². The minimum Gasteiger partial charge on any atom is -0.396 e. The van der Waals surface area contributed by atoms with Gasteiger partial charge >= 0.3 is 0 Å².